The zero-order valence-corrected chi connectivity index (χ0v) is 14.0. The highest BCUT2D eigenvalue weighted by Crippen LogP contribution is 2.23. The van der Waals surface area contributed by atoms with E-state index in [1.54, 1.807) is 0 Å². The first-order valence-corrected chi connectivity index (χ1v) is 8.80. The molecule has 0 unspecified atom stereocenters. The molecule has 1 aromatic carbocycles. The van der Waals surface area contributed by atoms with Crippen molar-refractivity contribution >= 4 is 11.8 Å². The van der Waals surface area contributed by atoms with Crippen LogP contribution in [0.15, 0.2) is 24.3 Å². The Morgan fingerprint density at radius 1 is 0.870 bits per heavy atom. The molecule has 0 N–H and O–H groups in total. The SMILES string of the molecule is Cc1ccc(C(=O)N2CCC(C(=O)N3CCCCC3)CC2)cc1. The molecule has 4 nitrogen and oxygen atoms in total. The number of hydrogen-bond donors (Lipinski definition) is 0. The summed E-state index contributed by atoms with van der Waals surface area (Å²) in [4.78, 5) is 29.0. The van der Waals surface area contributed by atoms with E-state index in [0.717, 1.165) is 49.9 Å². The Balaban J connectivity index is 1.54. The van der Waals surface area contributed by atoms with Crippen molar-refractivity contribution in [2.24, 2.45) is 5.92 Å². The van der Waals surface area contributed by atoms with E-state index >= 15 is 0 Å². The molecule has 0 bridgehead atoms. The second kappa shape index (κ2) is 7.16. The fourth-order valence-corrected chi connectivity index (χ4v) is 3.58. The van der Waals surface area contributed by atoms with E-state index in [2.05, 4.69) is 0 Å². The first-order chi connectivity index (χ1) is 11.1. The topological polar surface area (TPSA) is 40.6 Å². The number of amides is 2. The van der Waals surface area contributed by atoms with E-state index < -0.39 is 0 Å². The van der Waals surface area contributed by atoms with Crippen LogP contribution in [0.5, 0.6) is 0 Å². The van der Waals surface area contributed by atoms with E-state index in [4.69, 9.17) is 0 Å². The summed E-state index contributed by atoms with van der Waals surface area (Å²) < 4.78 is 0. The predicted molar refractivity (Wildman–Crippen MR) is 90.2 cm³/mol. The fourth-order valence-electron chi connectivity index (χ4n) is 3.58. The lowest BCUT2D eigenvalue weighted by Crippen LogP contribution is -2.45. The number of rotatable bonds is 2. The molecule has 2 amide bonds. The Bertz CT molecular complexity index is 553. The van der Waals surface area contributed by atoms with Crippen molar-refractivity contribution in [1.29, 1.82) is 0 Å². The molecule has 2 aliphatic rings. The van der Waals surface area contributed by atoms with Crippen LogP contribution in [-0.4, -0.2) is 47.8 Å². The Hall–Kier alpha value is -1.84. The van der Waals surface area contributed by atoms with Crippen LogP contribution in [0.4, 0.5) is 0 Å². The summed E-state index contributed by atoms with van der Waals surface area (Å²) in [7, 11) is 0. The molecule has 0 aromatic heterocycles. The zero-order chi connectivity index (χ0) is 16.2. The maximum Gasteiger partial charge on any atom is 0.253 e. The molecule has 0 atom stereocenters. The molecule has 4 heteroatoms. The molecule has 3 rings (SSSR count). The number of hydrogen-bond acceptors (Lipinski definition) is 2. The van der Waals surface area contributed by atoms with E-state index in [1.165, 1.54) is 6.42 Å². The van der Waals surface area contributed by atoms with Crippen molar-refractivity contribution < 1.29 is 9.59 Å². The lowest BCUT2D eigenvalue weighted by atomic mass is 9.94. The first kappa shape index (κ1) is 16.0. The standard InChI is InChI=1S/C19H26N2O2/c1-15-5-7-16(8-6-15)18(22)21-13-9-17(10-14-21)19(23)20-11-3-2-4-12-20/h5-8,17H,2-4,9-14H2,1H3. The van der Waals surface area contributed by atoms with Gasteiger partial charge in [0.25, 0.3) is 5.91 Å². The molecule has 1 aromatic rings. The molecule has 23 heavy (non-hydrogen) atoms. The van der Waals surface area contributed by atoms with E-state index in [0.29, 0.717) is 19.0 Å². The predicted octanol–water partition coefficient (Wildman–Crippen LogP) is 2.86. The smallest absolute Gasteiger partial charge is 0.253 e. The summed E-state index contributed by atoms with van der Waals surface area (Å²) in [6, 6.07) is 7.73. The summed E-state index contributed by atoms with van der Waals surface area (Å²) in [5, 5.41) is 0. The molecule has 2 saturated heterocycles. The molecular weight excluding hydrogens is 288 g/mol. The zero-order valence-electron chi connectivity index (χ0n) is 14.0. The number of carbonyl (C=O) groups is 2. The van der Waals surface area contributed by atoms with Crippen molar-refractivity contribution in [3.63, 3.8) is 0 Å². The number of likely N-dealkylation sites (tertiary alicyclic amines) is 2. The highest BCUT2D eigenvalue weighted by Gasteiger charge is 2.30. The van der Waals surface area contributed by atoms with Crippen LogP contribution in [-0.2, 0) is 4.79 Å². The monoisotopic (exact) mass is 314 g/mol. The molecular formula is C19H26N2O2. The van der Waals surface area contributed by atoms with Crippen LogP contribution in [0.1, 0.15) is 48.0 Å². The van der Waals surface area contributed by atoms with Gasteiger partial charge < -0.3 is 9.80 Å². The largest absolute Gasteiger partial charge is 0.342 e. The molecule has 0 aliphatic carbocycles. The summed E-state index contributed by atoms with van der Waals surface area (Å²) in [6.45, 7) is 5.24. The highest BCUT2D eigenvalue weighted by atomic mass is 16.2. The second-order valence-electron chi connectivity index (χ2n) is 6.82. The molecule has 2 fully saturated rings. The van der Waals surface area contributed by atoms with Gasteiger partial charge in [-0.1, -0.05) is 17.7 Å². The number of aryl methyl sites for hydroxylation is 1. The average molecular weight is 314 g/mol. The van der Waals surface area contributed by atoms with Gasteiger partial charge in [-0.25, -0.2) is 0 Å². The summed E-state index contributed by atoms with van der Waals surface area (Å²) in [5.41, 5.74) is 1.91. The highest BCUT2D eigenvalue weighted by molar-refractivity contribution is 5.94. The van der Waals surface area contributed by atoms with Crippen molar-refractivity contribution in [2.75, 3.05) is 26.2 Å². The van der Waals surface area contributed by atoms with Gasteiger partial charge in [-0.15, -0.1) is 0 Å². The Kier molecular flexibility index (Phi) is 4.99. The number of nitrogens with zero attached hydrogens (tertiary/aromatic N) is 2. The van der Waals surface area contributed by atoms with Crippen molar-refractivity contribution in [1.82, 2.24) is 9.80 Å². The third-order valence-electron chi connectivity index (χ3n) is 5.10. The van der Waals surface area contributed by atoms with Crippen LogP contribution < -0.4 is 0 Å². The lowest BCUT2D eigenvalue weighted by Gasteiger charge is -2.35. The van der Waals surface area contributed by atoms with Gasteiger partial charge in [-0.3, -0.25) is 9.59 Å². The summed E-state index contributed by atoms with van der Waals surface area (Å²) in [6.07, 6.45) is 5.11. The summed E-state index contributed by atoms with van der Waals surface area (Å²) >= 11 is 0. The lowest BCUT2D eigenvalue weighted by molar-refractivity contribution is -0.137. The Morgan fingerprint density at radius 2 is 1.48 bits per heavy atom. The molecule has 0 spiro atoms. The Labute approximate surface area is 138 Å². The normalized spacial score (nSPS) is 19.7. The van der Waals surface area contributed by atoms with Crippen LogP contribution in [0.3, 0.4) is 0 Å². The van der Waals surface area contributed by atoms with Crippen LogP contribution >= 0.6 is 0 Å². The van der Waals surface area contributed by atoms with E-state index in [9.17, 15) is 9.59 Å². The van der Waals surface area contributed by atoms with E-state index in [-0.39, 0.29) is 11.8 Å². The third kappa shape index (κ3) is 3.74. The van der Waals surface area contributed by atoms with Gasteiger partial charge in [0.05, 0.1) is 0 Å². The molecule has 0 saturated carbocycles. The first-order valence-electron chi connectivity index (χ1n) is 8.80. The van der Waals surface area contributed by atoms with Gasteiger partial charge in [-0.05, 0) is 51.2 Å². The third-order valence-corrected chi connectivity index (χ3v) is 5.10. The van der Waals surface area contributed by atoms with Crippen molar-refractivity contribution in [2.45, 2.75) is 39.0 Å². The van der Waals surface area contributed by atoms with Crippen LogP contribution in [0.25, 0.3) is 0 Å². The van der Waals surface area contributed by atoms with Crippen molar-refractivity contribution in [3.05, 3.63) is 35.4 Å². The second-order valence-corrected chi connectivity index (χ2v) is 6.82. The minimum absolute atomic E-state index is 0.0915. The summed E-state index contributed by atoms with van der Waals surface area (Å²) in [5.74, 6) is 0.510. The molecule has 124 valence electrons. The van der Waals surface area contributed by atoms with Gasteiger partial charge in [-0.2, -0.15) is 0 Å². The molecule has 2 heterocycles. The van der Waals surface area contributed by atoms with Gasteiger partial charge in [0.1, 0.15) is 0 Å². The number of carbonyl (C=O) groups excluding carboxylic acids is 2. The van der Waals surface area contributed by atoms with Gasteiger partial charge >= 0.3 is 0 Å². The molecule has 0 radical (unpaired) electrons. The minimum Gasteiger partial charge on any atom is -0.342 e. The molecule has 2 aliphatic heterocycles. The number of benzene rings is 1. The van der Waals surface area contributed by atoms with Gasteiger partial charge in [0, 0.05) is 37.7 Å². The van der Waals surface area contributed by atoms with Gasteiger partial charge in [0.15, 0.2) is 0 Å². The average Bonchev–Trinajstić information content (AvgIpc) is 2.62. The number of piperidine rings is 2. The Morgan fingerprint density at radius 3 is 2.09 bits per heavy atom. The maximum atomic E-state index is 12.6. The fraction of sp³-hybridized carbons (Fsp3) is 0.579. The van der Waals surface area contributed by atoms with Crippen molar-refractivity contribution in [3.8, 4) is 0 Å². The quantitative estimate of drug-likeness (QED) is 0.842. The van der Waals surface area contributed by atoms with Gasteiger partial charge in [0.2, 0.25) is 5.91 Å². The minimum atomic E-state index is 0.0915. The van der Waals surface area contributed by atoms with Crippen LogP contribution in [0.2, 0.25) is 0 Å². The van der Waals surface area contributed by atoms with E-state index in [1.807, 2.05) is 41.0 Å². The maximum absolute atomic E-state index is 12.6. The van der Waals surface area contributed by atoms with Crippen LogP contribution in [0, 0.1) is 12.8 Å².